The first-order chi connectivity index (χ1) is 13.0. The third-order valence-corrected chi connectivity index (χ3v) is 6.17. The molecule has 0 spiro atoms. The Hall–Kier alpha value is -2.25. The summed E-state index contributed by atoms with van der Waals surface area (Å²) in [5, 5.41) is 3.03. The van der Waals surface area contributed by atoms with Crippen molar-refractivity contribution in [2.45, 2.75) is 20.1 Å². The van der Waals surface area contributed by atoms with Crippen LogP contribution in [0.1, 0.15) is 26.6 Å². The Labute approximate surface area is 162 Å². The minimum atomic E-state index is -0.0820. The van der Waals surface area contributed by atoms with Crippen LogP contribution >= 0.6 is 11.3 Å². The van der Waals surface area contributed by atoms with E-state index in [1.807, 2.05) is 46.4 Å². The molecule has 3 heterocycles. The summed E-state index contributed by atoms with van der Waals surface area (Å²) in [5.41, 5.74) is 2.66. The molecule has 2 atom stereocenters. The monoisotopic (exact) mass is 385 g/mol. The van der Waals surface area contributed by atoms with Crippen LogP contribution in [0.15, 0.2) is 29.6 Å². The Bertz CT molecular complexity index is 848. The fraction of sp³-hybridized carbons (Fsp3) is 0.450. The van der Waals surface area contributed by atoms with Crippen molar-refractivity contribution >= 4 is 23.2 Å². The maximum atomic E-state index is 12.8. The first kappa shape index (κ1) is 18.1. The van der Waals surface area contributed by atoms with E-state index < -0.39 is 0 Å². The number of aryl methyl sites for hydroxylation is 1. The van der Waals surface area contributed by atoms with Gasteiger partial charge in [0.2, 0.25) is 5.91 Å². The molecule has 2 aliphatic rings. The van der Waals surface area contributed by atoms with Crippen LogP contribution in [0.4, 0.5) is 0 Å². The summed E-state index contributed by atoms with van der Waals surface area (Å²) in [6.07, 6.45) is 0. The molecule has 0 radical (unpaired) electrons. The molecule has 0 N–H and O–H groups in total. The van der Waals surface area contributed by atoms with E-state index in [1.165, 1.54) is 0 Å². The van der Waals surface area contributed by atoms with E-state index in [0.29, 0.717) is 38.3 Å². The average molecular weight is 385 g/mol. The third-order valence-electron chi connectivity index (χ3n) is 5.34. The number of nitrogens with zero attached hydrogens (tertiary/aromatic N) is 3. The average Bonchev–Trinajstić information content (AvgIpc) is 3.33. The zero-order chi connectivity index (χ0) is 19.0. The number of thiazole rings is 1. The van der Waals surface area contributed by atoms with Gasteiger partial charge in [0.1, 0.15) is 0 Å². The van der Waals surface area contributed by atoms with E-state index in [9.17, 15) is 9.59 Å². The van der Waals surface area contributed by atoms with E-state index in [-0.39, 0.29) is 23.7 Å². The van der Waals surface area contributed by atoms with Gasteiger partial charge in [0.25, 0.3) is 5.91 Å². The zero-order valence-electron chi connectivity index (χ0n) is 15.6. The minimum Gasteiger partial charge on any atom is -0.380 e. The Balaban J connectivity index is 1.38. The van der Waals surface area contributed by atoms with Crippen LogP contribution in [0.25, 0.3) is 0 Å². The lowest BCUT2D eigenvalue weighted by molar-refractivity contribution is -0.131. The molecule has 0 bridgehead atoms. The van der Waals surface area contributed by atoms with Crippen molar-refractivity contribution in [2.24, 2.45) is 11.8 Å². The first-order valence-corrected chi connectivity index (χ1v) is 10.00. The molecule has 0 aliphatic carbocycles. The number of ether oxygens (including phenoxy) is 1. The number of carbonyl (C=O) groups is 2. The first-order valence-electron chi connectivity index (χ1n) is 9.12. The highest BCUT2D eigenvalue weighted by Gasteiger charge is 2.47. The third kappa shape index (κ3) is 3.61. The van der Waals surface area contributed by atoms with Crippen molar-refractivity contribution in [2.75, 3.05) is 26.7 Å². The van der Waals surface area contributed by atoms with E-state index >= 15 is 0 Å². The van der Waals surface area contributed by atoms with Crippen LogP contribution < -0.4 is 0 Å². The number of likely N-dealkylation sites (tertiary alicyclic amines) is 2. The van der Waals surface area contributed by atoms with Crippen LogP contribution in [0.5, 0.6) is 0 Å². The standard InChI is InChI=1S/C20H23N3O3S/c1-13-21-17(12-27-13)9-22-7-16-8-23(10-18(16)20(22)25)19(24)15-5-3-14(4-6-15)11-26-2/h3-6,12,16,18H,7-11H2,1-2H3/t16-,18+/m1/s1. The number of aromatic nitrogens is 1. The molecule has 27 heavy (non-hydrogen) atoms. The smallest absolute Gasteiger partial charge is 0.253 e. The lowest BCUT2D eigenvalue weighted by Gasteiger charge is -2.21. The van der Waals surface area contributed by atoms with Gasteiger partial charge in [-0.05, 0) is 24.6 Å². The van der Waals surface area contributed by atoms with Gasteiger partial charge in [0, 0.05) is 43.6 Å². The summed E-state index contributed by atoms with van der Waals surface area (Å²) in [4.78, 5) is 33.7. The predicted molar refractivity (Wildman–Crippen MR) is 102 cm³/mol. The van der Waals surface area contributed by atoms with Crippen LogP contribution in [-0.4, -0.2) is 53.3 Å². The molecule has 2 aliphatic heterocycles. The lowest BCUT2D eigenvalue weighted by atomic mass is 10.0. The van der Waals surface area contributed by atoms with E-state index in [1.54, 1.807) is 18.4 Å². The van der Waals surface area contributed by atoms with Crippen molar-refractivity contribution in [3.8, 4) is 0 Å². The maximum absolute atomic E-state index is 12.8. The van der Waals surface area contributed by atoms with E-state index in [4.69, 9.17) is 4.74 Å². The number of carbonyl (C=O) groups excluding carboxylic acids is 2. The molecule has 4 rings (SSSR count). The molecule has 2 amide bonds. The van der Waals surface area contributed by atoms with Gasteiger partial charge >= 0.3 is 0 Å². The van der Waals surface area contributed by atoms with Gasteiger partial charge < -0.3 is 14.5 Å². The number of rotatable bonds is 5. The van der Waals surface area contributed by atoms with Gasteiger partial charge in [0.05, 0.1) is 29.8 Å². The van der Waals surface area contributed by atoms with E-state index in [0.717, 1.165) is 16.3 Å². The second kappa shape index (κ2) is 7.40. The molecule has 1 aromatic heterocycles. The molecule has 0 saturated carbocycles. The Kier molecular flexibility index (Phi) is 4.97. The topological polar surface area (TPSA) is 62.7 Å². The van der Waals surface area contributed by atoms with Crippen molar-refractivity contribution in [1.29, 1.82) is 0 Å². The molecule has 2 fully saturated rings. The van der Waals surface area contributed by atoms with Gasteiger partial charge in [-0.1, -0.05) is 12.1 Å². The molecule has 142 valence electrons. The van der Waals surface area contributed by atoms with Crippen LogP contribution in [0, 0.1) is 18.8 Å². The van der Waals surface area contributed by atoms with Crippen molar-refractivity contribution in [3.63, 3.8) is 0 Å². The highest BCUT2D eigenvalue weighted by molar-refractivity contribution is 7.09. The van der Waals surface area contributed by atoms with Gasteiger partial charge in [-0.3, -0.25) is 9.59 Å². The highest BCUT2D eigenvalue weighted by Crippen LogP contribution is 2.34. The second-order valence-corrected chi connectivity index (χ2v) is 8.35. The molecule has 0 unspecified atom stereocenters. The SMILES string of the molecule is COCc1ccc(C(=O)N2C[C@H]3CN(Cc4csc(C)n4)C(=O)[C@H]3C2)cc1. The molecule has 1 aromatic carbocycles. The van der Waals surface area contributed by atoms with Crippen LogP contribution in [0.2, 0.25) is 0 Å². The number of amides is 2. The molecule has 2 saturated heterocycles. The van der Waals surface area contributed by atoms with E-state index in [2.05, 4.69) is 4.98 Å². The zero-order valence-corrected chi connectivity index (χ0v) is 16.4. The normalized spacial score (nSPS) is 21.8. The number of fused-ring (bicyclic) bond motifs is 1. The molecular formula is C20H23N3O3S. The van der Waals surface area contributed by atoms with Gasteiger partial charge in [-0.2, -0.15) is 0 Å². The Morgan fingerprint density at radius 2 is 2.04 bits per heavy atom. The lowest BCUT2D eigenvalue weighted by Crippen LogP contribution is -2.35. The molecular weight excluding hydrogens is 362 g/mol. The number of hydrogen-bond donors (Lipinski definition) is 0. The Morgan fingerprint density at radius 3 is 2.67 bits per heavy atom. The minimum absolute atomic E-state index is 0.00263. The second-order valence-electron chi connectivity index (χ2n) is 7.28. The van der Waals surface area contributed by atoms with Gasteiger partial charge in [-0.25, -0.2) is 4.98 Å². The fourth-order valence-corrected chi connectivity index (χ4v) is 4.62. The van der Waals surface area contributed by atoms with Gasteiger partial charge in [-0.15, -0.1) is 11.3 Å². The molecule has 6 nitrogen and oxygen atoms in total. The highest BCUT2D eigenvalue weighted by atomic mass is 32.1. The largest absolute Gasteiger partial charge is 0.380 e. The summed E-state index contributed by atoms with van der Waals surface area (Å²) >= 11 is 1.61. The van der Waals surface area contributed by atoms with Crippen molar-refractivity contribution < 1.29 is 14.3 Å². The summed E-state index contributed by atoms with van der Waals surface area (Å²) in [7, 11) is 1.65. The molecule has 2 aromatic rings. The van der Waals surface area contributed by atoms with Crippen molar-refractivity contribution in [3.05, 3.63) is 51.5 Å². The number of methoxy groups -OCH3 is 1. The summed E-state index contributed by atoms with van der Waals surface area (Å²) in [6.45, 7) is 4.93. The van der Waals surface area contributed by atoms with Crippen LogP contribution in [0.3, 0.4) is 0 Å². The van der Waals surface area contributed by atoms with Crippen LogP contribution in [-0.2, 0) is 22.7 Å². The maximum Gasteiger partial charge on any atom is 0.253 e. The predicted octanol–water partition coefficient (Wildman–Crippen LogP) is 2.33. The number of hydrogen-bond acceptors (Lipinski definition) is 5. The summed E-state index contributed by atoms with van der Waals surface area (Å²) in [6, 6.07) is 7.50. The quantitative estimate of drug-likeness (QED) is 0.793. The number of benzene rings is 1. The summed E-state index contributed by atoms with van der Waals surface area (Å²) < 4.78 is 5.10. The molecule has 7 heteroatoms. The van der Waals surface area contributed by atoms with Crippen molar-refractivity contribution in [1.82, 2.24) is 14.8 Å². The summed E-state index contributed by atoms with van der Waals surface area (Å²) in [5.74, 6) is 0.287. The Morgan fingerprint density at radius 1 is 1.26 bits per heavy atom. The van der Waals surface area contributed by atoms with Gasteiger partial charge in [0.15, 0.2) is 0 Å². The fourth-order valence-electron chi connectivity index (χ4n) is 4.02.